The number of sulfonamides is 1. The number of ether oxygens (including phenoxy) is 1. The van der Waals surface area contributed by atoms with Gasteiger partial charge >= 0.3 is 0 Å². The zero-order chi connectivity index (χ0) is 17.7. The van der Waals surface area contributed by atoms with Gasteiger partial charge in [-0.05, 0) is 49.9 Å². The van der Waals surface area contributed by atoms with Crippen LogP contribution in [0.4, 0.5) is 0 Å². The molecule has 7 heteroatoms. The Morgan fingerprint density at radius 3 is 2.36 bits per heavy atom. The first-order valence-electron chi connectivity index (χ1n) is 9.07. The van der Waals surface area contributed by atoms with Gasteiger partial charge < -0.3 is 10.1 Å². The molecule has 0 spiro atoms. The lowest BCUT2D eigenvalue weighted by atomic mass is 10.2. The van der Waals surface area contributed by atoms with E-state index in [-0.39, 0.29) is 16.9 Å². The van der Waals surface area contributed by atoms with E-state index in [4.69, 9.17) is 4.74 Å². The molecule has 1 aromatic carbocycles. The van der Waals surface area contributed by atoms with Crippen LogP contribution in [0.3, 0.4) is 0 Å². The maximum absolute atomic E-state index is 12.7. The van der Waals surface area contributed by atoms with Crippen molar-refractivity contribution in [1.82, 2.24) is 9.62 Å². The second kappa shape index (κ2) is 8.29. The van der Waals surface area contributed by atoms with Gasteiger partial charge in [0.1, 0.15) is 0 Å². The fraction of sp³-hybridized carbons (Fsp3) is 0.611. The molecule has 0 unspecified atom stereocenters. The molecule has 25 heavy (non-hydrogen) atoms. The number of nitrogens with one attached hydrogen (secondary N) is 1. The maximum Gasteiger partial charge on any atom is 0.251 e. The van der Waals surface area contributed by atoms with Crippen molar-refractivity contribution in [2.24, 2.45) is 0 Å². The standard InChI is InChI=1S/C18H26N2O4S/c21-18(19-14-16-6-5-13-24-16)15-7-9-17(10-8-15)25(22,23)20-11-3-1-2-4-12-20/h7-10,16H,1-6,11-14H2,(H,19,21)/t16-/m1/s1. The number of hydrogen-bond donors (Lipinski definition) is 1. The minimum atomic E-state index is -3.47. The zero-order valence-electron chi connectivity index (χ0n) is 14.4. The summed E-state index contributed by atoms with van der Waals surface area (Å²) in [6.07, 6.45) is 6.06. The van der Waals surface area contributed by atoms with Gasteiger partial charge in [0.05, 0.1) is 11.0 Å². The second-order valence-electron chi connectivity index (χ2n) is 6.69. The molecule has 0 saturated carbocycles. The van der Waals surface area contributed by atoms with Crippen LogP contribution in [0.1, 0.15) is 48.9 Å². The lowest BCUT2D eigenvalue weighted by Gasteiger charge is -2.20. The molecule has 2 aliphatic heterocycles. The smallest absolute Gasteiger partial charge is 0.251 e. The molecule has 1 amide bonds. The molecule has 2 fully saturated rings. The highest BCUT2D eigenvalue weighted by molar-refractivity contribution is 7.89. The highest BCUT2D eigenvalue weighted by Gasteiger charge is 2.25. The van der Waals surface area contributed by atoms with E-state index in [1.54, 1.807) is 16.4 Å². The van der Waals surface area contributed by atoms with Crippen LogP contribution in [0, 0.1) is 0 Å². The Morgan fingerprint density at radius 1 is 1.08 bits per heavy atom. The number of rotatable bonds is 5. The minimum Gasteiger partial charge on any atom is -0.376 e. The zero-order valence-corrected chi connectivity index (χ0v) is 15.3. The van der Waals surface area contributed by atoms with Crippen LogP contribution in [-0.2, 0) is 14.8 Å². The normalized spacial score (nSPS) is 22.5. The lowest BCUT2D eigenvalue weighted by Crippen LogP contribution is -2.32. The van der Waals surface area contributed by atoms with Gasteiger partial charge in [-0.25, -0.2) is 8.42 Å². The predicted octanol–water partition coefficient (Wildman–Crippen LogP) is 2.16. The molecule has 0 radical (unpaired) electrons. The Hall–Kier alpha value is -1.44. The molecule has 0 bridgehead atoms. The highest BCUT2D eigenvalue weighted by Crippen LogP contribution is 2.20. The average molecular weight is 366 g/mol. The topological polar surface area (TPSA) is 75.7 Å². The van der Waals surface area contributed by atoms with Gasteiger partial charge in [0.2, 0.25) is 10.0 Å². The molecule has 2 heterocycles. The second-order valence-corrected chi connectivity index (χ2v) is 8.63. The molecule has 6 nitrogen and oxygen atoms in total. The van der Waals surface area contributed by atoms with Crippen molar-refractivity contribution in [3.05, 3.63) is 29.8 Å². The van der Waals surface area contributed by atoms with Crippen molar-refractivity contribution in [1.29, 1.82) is 0 Å². The third-order valence-corrected chi connectivity index (χ3v) is 6.75. The van der Waals surface area contributed by atoms with Crippen LogP contribution in [0.25, 0.3) is 0 Å². The van der Waals surface area contributed by atoms with Crippen LogP contribution in [-0.4, -0.2) is 51.0 Å². The molecule has 1 atom stereocenters. The number of hydrogen-bond acceptors (Lipinski definition) is 4. The summed E-state index contributed by atoms with van der Waals surface area (Å²) in [5, 5.41) is 2.85. The van der Waals surface area contributed by atoms with E-state index in [0.717, 1.165) is 45.1 Å². The van der Waals surface area contributed by atoms with Crippen molar-refractivity contribution in [3.8, 4) is 0 Å². The number of carbonyl (C=O) groups excluding carboxylic acids is 1. The predicted molar refractivity (Wildman–Crippen MR) is 95.0 cm³/mol. The summed E-state index contributed by atoms with van der Waals surface area (Å²) in [5.41, 5.74) is 0.466. The van der Waals surface area contributed by atoms with E-state index in [0.29, 0.717) is 25.2 Å². The van der Waals surface area contributed by atoms with E-state index in [2.05, 4.69) is 5.32 Å². The van der Waals surface area contributed by atoms with Crippen LogP contribution in [0.5, 0.6) is 0 Å². The van der Waals surface area contributed by atoms with Gasteiger partial charge in [-0.3, -0.25) is 4.79 Å². The quantitative estimate of drug-likeness (QED) is 0.866. The summed E-state index contributed by atoms with van der Waals surface area (Å²) in [6.45, 7) is 2.40. The summed E-state index contributed by atoms with van der Waals surface area (Å²) in [4.78, 5) is 12.4. The van der Waals surface area contributed by atoms with E-state index in [1.807, 2.05) is 0 Å². The Bertz CT molecular complexity index is 674. The Balaban J connectivity index is 1.63. The first kappa shape index (κ1) is 18.4. The summed E-state index contributed by atoms with van der Waals surface area (Å²) in [7, 11) is -3.47. The fourth-order valence-electron chi connectivity index (χ4n) is 3.32. The molecule has 2 aliphatic rings. The van der Waals surface area contributed by atoms with Crippen LogP contribution < -0.4 is 5.32 Å². The Kier molecular flexibility index (Phi) is 6.09. The third-order valence-electron chi connectivity index (χ3n) is 4.83. The largest absolute Gasteiger partial charge is 0.376 e. The lowest BCUT2D eigenvalue weighted by molar-refractivity contribution is 0.0857. The van der Waals surface area contributed by atoms with E-state index < -0.39 is 10.0 Å². The molecular weight excluding hydrogens is 340 g/mol. The van der Waals surface area contributed by atoms with Gasteiger partial charge in [0.25, 0.3) is 5.91 Å². The van der Waals surface area contributed by atoms with Gasteiger partial charge in [-0.2, -0.15) is 4.31 Å². The molecular formula is C18H26N2O4S. The van der Waals surface area contributed by atoms with Gasteiger partial charge in [0, 0.05) is 31.8 Å². The molecule has 0 aromatic heterocycles. The van der Waals surface area contributed by atoms with Crippen molar-refractivity contribution < 1.29 is 17.9 Å². The molecule has 0 aliphatic carbocycles. The van der Waals surface area contributed by atoms with Crippen molar-refractivity contribution in [2.45, 2.75) is 49.5 Å². The summed E-state index contributed by atoms with van der Waals surface area (Å²) < 4.78 is 32.5. The first-order chi connectivity index (χ1) is 12.1. The SMILES string of the molecule is O=C(NC[C@H]1CCCO1)c1ccc(S(=O)(=O)N2CCCCCC2)cc1. The van der Waals surface area contributed by atoms with Crippen LogP contribution in [0.15, 0.2) is 29.2 Å². The number of amides is 1. The monoisotopic (exact) mass is 366 g/mol. The highest BCUT2D eigenvalue weighted by atomic mass is 32.2. The number of benzene rings is 1. The molecule has 1 aromatic rings. The number of carbonyl (C=O) groups is 1. The molecule has 2 saturated heterocycles. The van der Waals surface area contributed by atoms with Crippen LogP contribution >= 0.6 is 0 Å². The van der Waals surface area contributed by atoms with Crippen molar-refractivity contribution in [3.63, 3.8) is 0 Å². The van der Waals surface area contributed by atoms with Gasteiger partial charge in [-0.1, -0.05) is 12.8 Å². The number of nitrogens with zero attached hydrogens (tertiary/aromatic N) is 1. The van der Waals surface area contributed by atoms with Gasteiger partial charge in [-0.15, -0.1) is 0 Å². The Labute approximate surface area is 149 Å². The molecule has 1 N–H and O–H groups in total. The van der Waals surface area contributed by atoms with E-state index >= 15 is 0 Å². The maximum atomic E-state index is 12.7. The minimum absolute atomic E-state index is 0.0895. The summed E-state index contributed by atoms with van der Waals surface area (Å²) >= 11 is 0. The molecule has 3 rings (SSSR count). The van der Waals surface area contributed by atoms with Crippen molar-refractivity contribution >= 4 is 15.9 Å². The summed E-state index contributed by atoms with van der Waals surface area (Å²) in [5.74, 6) is -0.200. The summed E-state index contributed by atoms with van der Waals surface area (Å²) in [6, 6.07) is 6.22. The van der Waals surface area contributed by atoms with E-state index in [1.165, 1.54) is 12.1 Å². The van der Waals surface area contributed by atoms with Crippen molar-refractivity contribution in [2.75, 3.05) is 26.2 Å². The first-order valence-corrected chi connectivity index (χ1v) is 10.5. The fourth-order valence-corrected chi connectivity index (χ4v) is 4.84. The van der Waals surface area contributed by atoms with E-state index in [9.17, 15) is 13.2 Å². The third kappa shape index (κ3) is 4.59. The van der Waals surface area contributed by atoms with Gasteiger partial charge in [0.15, 0.2) is 0 Å². The van der Waals surface area contributed by atoms with Crippen LogP contribution in [0.2, 0.25) is 0 Å². The molecule has 138 valence electrons. The Morgan fingerprint density at radius 2 is 1.76 bits per heavy atom. The average Bonchev–Trinajstić information content (AvgIpc) is 2.99.